The van der Waals surface area contributed by atoms with Crippen molar-refractivity contribution in [1.82, 2.24) is 15.1 Å². The van der Waals surface area contributed by atoms with Crippen LogP contribution in [0, 0.1) is 5.82 Å². The van der Waals surface area contributed by atoms with Gasteiger partial charge in [-0.1, -0.05) is 29.8 Å². The molecule has 1 fully saturated rings. The summed E-state index contributed by atoms with van der Waals surface area (Å²) in [5, 5.41) is 16.5. The number of rotatable bonds is 6. The van der Waals surface area contributed by atoms with Crippen LogP contribution in [0.3, 0.4) is 0 Å². The minimum absolute atomic E-state index is 0.0158. The molecule has 1 atom stereocenters. The second kappa shape index (κ2) is 8.52. The molecule has 3 aromatic rings. The molecule has 4 rings (SSSR count). The number of carbonyl (C=O) groups is 3. The topological polar surface area (TPSA) is 101 Å². The summed E-state index contributed by atoms with van der Waals surface area (Å²) >= 11 is 7.46. The monoisotopic (exact) mass is 459 g/mol. The van der Waals surface area contributed by atoms with E-state index in [1.165, 1.54) is 42.1 Å². The SMILES string of the molecule is O=C(O)c1cccc(C(=O)n2nc(C3CNC3=O)cc2SCc2ccc(F)cc2)c1Cl. The molecular weight excluding hydrogens is 445 g/mol. The number of thioether (sulfide) groups is 1. The molecule has 0 saturated carbocycles. The number of hydrogen-bond acceptors (Lipinski definition) is 5. The molecule has 10 heteroatoms. The molecule has 1 amide bonds. The summed E-state index contributed by atoms with van der Waals surface area (Å²) in [6.07, 6.45) is 0. The lowest BCUT2D eigenvalue weighted by Gasteiger charge is -2.23. The highest BCUT2D eigenvalue weighted by Crippen LogP contribution is 2.30. The summed E-state index contributed by atoms with van der Waals surface area (Å²) in [6, 6.07) is 11.8. The number of halogens is 2. The molecule has 31 heavy (non-hydrogen) atoms. The fraction of sp³-hybridized carbons (Fsp3) is 0.143. The lowest BCUT2D eigenvalue weighted by molar-refractivity contribution is -0.127. The van der Waals surface area contributed by atoms with Crippen molar-refractivity contribution in [2.45, 2.75) is 16.7 Å². The first kappa shape index (κ1) is 21.1. The molecule has 0 spiro atoms. The van der Waals surface area contributed by atoms with E-state index in [9.17, 15) is 23.9 Å². The van der Waals surface area contributed by atoms with Gasteiger partial charge in [0.05, 0.1) is 27.8 Å². The number of aromatic nitrogens is 2. The Hall–Kier alpha value is -3.17. The quantitative estimate of drug-likeness (QED) is 0.431. The van der Waals surface area contributed by atoms with Gasteiger partial charge in [0.1, 0.15) is 10.8 Å². The Kier molecular flexibility index (Phi) is 5.79. The molecule has 0 aliphatic carbocycles. The van der Waals surface area contributed by atoms with Gasteiger partial charge in [-0.05, 0) is 35.9 Å². The van der Waals surface area contributed by atoms with Crippen LogP contribution in [0.15, 0.2) is 53.6 Å². The summed E-state index contributed by atoms with van der Waals surface area (Å²) in [5.41, 5.74) is 1.06. The van der Waals surface area contributed by atoms with Crippen LogP contribution in [-0.2, 0) is 10.5 Å². The van der Waals surface area contributed by atoms with Crippen LogP contribution >= 0.6 is 23.4 Å². The van der Waals surface area contributed by atoms with E-state index in [-0.39, 0.29) is 27.9 Å². The van der Waals surface area contributed by atoms with E-state index in [1.807, 2.05) is 0 Å². The van der Waals surface area contributed by atoms with E-state index >= 15 is 0 Å². The number of nitrogens with zero attached hydrogens (tertiary/aromatic N) is 2. The maximum absolute atomic E-state index is 13.2. The molecule has 7 nitrogen and oxygen atoms in total. The highest BCUT2D eigenvalue weighted by molar-refractivity contribution is 7.98. The maximum atomic E-state index is 13.2. The number of β-lactam (4-membered cyclic amide) rings is 1. The van der Waals surface area contributed by atoms with Crippen molar-refractivity contribution >= 4 is 41.1 Å². The molecule has 2 N–H and O–H groups in total. The molecule has 1 aliphatic heterocycles. The van der Waals surface area contributed by atoms with Crippen molar-refractivity contribution in [2.24, 2.45) is 0 Å². The summed E-state index contributed by atoms with van der Waals surface area (Å²) < 4.78 is 14.3. The van der Waals surface area contributed by atoms with E-state index in [2.05, 4.69) is 10.4 Å². The Labute approximate surface area is 185 Å². The first-order valence-electron chi connectivity index (χ1n) is 9.16. The van der Waals surface area contributed by atoms with Gasteiger partial charge >= 0.3 is 5.97 Å². The molecule has 0 bridgehead atoms. The van der Waals surface area contributed by atoms with Crippen LogP contribution < -0.4 is 5.32 Å². The van der Waals surface area contributed by atoms with E-state index in [4.69, 9.17) is 11.6 Å². The van der Waals surface area contributed by atoms with Crippen molar-refractivity contribution in [3.63, 3.8) is 0 Å². The normalized spacial score (nSPS) is 15.3. The Bertz CT molecular complexity index is 1200. The highest BCUT2D eigenvalue weighted by Gasteiger charge is 2.33. The molecule has 2 heterocycles. The minimum atomic E-state index is -1.25. The van der Waals surface area contributed by atoms with Gasteiger partial charge in [-0.25, -0.2) is 9.18 Å². The van der Waals surface area contributed by atoms with Gasteiger partial charge in [0.15, 0.2) is 0 Å². The smallest absolute Gasteiger partial charge is 0.337 e. The van der Waals surface area contributed by atoms with Crippen LogP contribution in [0.5, 0.6) is 0 Å². The number of benzene rings is 2. The van der Waals surface area contributed by atoms with Crippen molar-refractivity contribution in [3.8, 4) is 0 Å². The Balaban J connectivity index is 1.69. The number of nitrogens with one attached hydrogen (secondary N) is 1. The number of carboxylic acids is 1. The Morgan fingerprint density at radius 2 is 1.94 bits per heavy atom. The zero-order valence-corrected chi connectivity index (χ0v) is 17.4. The molecular formula is C21H15ClFN3O4S. The molecule has 2 aromatic carbocycles. The third-order valence-electron chi connectivity index (χ3n) is 4.80. The molecule has 158 valence electrons. The molecule has 1 aliphatic rings. The first-order chi connectivity index (χ1) is 14.8. The standard InChI is InChI=1S/C21H15ClFN3O4S/c22-18-13(2-1-3-14(18)21(29)30)20(28)26-17(8-16(25-26)15-9-24-19(15)27)31-10-11-4-6-12(23)7-5-11/h1-8,15H,9-10H2,(H,24,27)(H,29,30). The number of aromatic carboxylic acids is 1. The van der Waals surface area contributed by atoms with E-state index in [0.717, 1.165) is 10.2 Å². The van der Waals surface area contributed by atoms with Gasteiger partial charge in [0, 0.05) is 12.3 Å². The Morgan fingerprint density at radius 1 is 1.23 bits per heavy atom. The van der Waals surface area contributed by atoms with E-state index < -0.39 is 17.8 Å². The van der Waals surface area contributed by atoms with Crippen LogP contribution in [-0.4, -0.2) is 39.2 Å². The average molecular weight is 460 g/mol. The van der Waals surface area contributed by atoms with Crippen LogP contribution in [0.2, 0.25) is 5.02 Å². The summed E-state index contributed by atoms with van der Waals surface area (Å²) in [4.78, 5) is 36.4. The second-order valence-corrected chi connectivity index (χ2v) is 8.18. The van der Waals surface area contributed by atoms with Crippen LogP contribution in [0.4, 0.5) is 4.39 Å². The summed E-state index contributed by atoms with van der Waals surface area (Å²) in [5.74, 6) is -2.42. The third kappa shape index (κ3) is 4.19. The number of carbonyl (C=O) groups excluding carboxylic acids is 2. The van der Waals surface area contributed by atoms with Gasteiger partial charge < -0.3 is 10.4 Å². The molecule has 1 aromatic heterocycles. The maximum Gasteiger partial charge on any atom is 0.337 e. The number of amides is 1. The van der Waals surface area contributed by atoms with Gasteiger partial charge in [0.25, 0.3) is 5.91 Å². The van der Waals surface area contributed by atoms with E-state index in [1.54, 1.807) is 18.2 Å². The lowest BCUT2D eigenvalue weighted by atomic mass is 9.99. The lowest BCUT2D eigenvalue weighted by Crippen LogP contribution is -2.46. The van der Waals surface area contributed by atoms with Gasteiger partial charge in [-0.2, -0.15) is 9.78 Å². The highest BCUT2D eigenvalue weighted by atomic mass is 35.5. The van der Waals surface area contributed by atoms with Crippen molar-refractivity contribution in [2.75, 3.05) is 6.54 Å². The minimum Gasteiger partial charge on any atom is -0.478 e. The summed E-state index contributed by atoms with van der Waals surface area (Å²) in [6.45, 7) is 0.418. The van der Waals surface area contributed by atoms with Crippen molar-refractivity contribution < 1.29 is 23.9 Å². The number of hydrogen-bond donors (Lipinski definition) is 2. The van der Waals surface area contributed by atoms with Gasteiger partial charge in [0.2, 0.25) is 5.91 Å². The van der Waals surface area contributed by atoms with Crippen molar-refractivity contribution in [1.29, 1.82) is 0 Å². The zero-order valence-electron chi connectivity index (χ0n) is 15.8. The van der Waals surface area contributed by atoms with E-state index in [0.29, 0.717) is 23.0 Å². The summed E-state index contributed by atoms with van der Waals surface area (Å²) in [7, 11) is 0. The van der Waals surface area contributed by atoms with Crippen LogP contribution in [0.1, 0.15) is 37.9 Å². The van der Waals surface area contributed by atoms with Crippen LogP contribution in [0.25, 0.3) is 0 Å². The molecule has 1 saturated heterocycles. The number of carboxylic acid groups (broad SMARTS) is 1. The molecule has 0 radical (unpaired) electrons. The largest absolute Gasteiger partial charge is 0.478 e. The predicted molar refractivity (Wildman–Crippen MR) is 112 cm³/mol. The third-order valence-corrected chi connectivity index (χ3v) is 6.27. The predicted octanol–water partition coefficient (Wildman–Crippen LogP) is 3.57. The fourth-order valence-corrected chi connectivity index (χ4v) is 4.29. The zero-order chi connectivity index (χ0) is 22.1. The van der Waals surface area contributed by atoms with Gasteiger partial charge in [-0.3, -0.25) is 9.59 Å². The fourth-order valence-electron chi connectivity index (χ4n) is 3.04. The second-order valence-electron chi connectivity index (χ2n) is 6.81. The average Bonchev–Trinajstić information content (AvgIpc) is 3.15. The van der Waals surface area contributed by atoms with Gasteiger partial charge in [-0.15, -0.1) is 11.8 Å². The van der Waals surface area contributed by atoms with Crippen molar-refractivity contribution in [3.05, 3.63) is 81.8 Å². The molecule has 1 unspecified atom stereocenters. The Morgan fingerprint density at radius 3 is 2.55 bits per heavy atom. The first-order valence-corrected chi connectivity index (χ1v) is 10.5.